The standard InChI is InChI=1S/C18H23NO3/c1-5-12-19(13-6-2)18(20)11-9-15-8-10-16(22-7-3)17(14-15)21-4/h5-6,8-11,14H,1-2,7,12-13H2,3-4H3/b11-9+. The second-order valence-corrected chi connectivity index (χ2v) is 4.50. The molecule has 22 heavy (non-hydrogen) atoms. The molecule has 0 spiro atoms. The highest BCUT2D eigenvalue weighted by Gasteiger charge is 2.07. The second kappa shape index (κ2) is 9.45. The Labute approximate surface area is 132 Å². The molecule has 0 bridgehead atoms. The largest absolute Gasteiger partial charge is 0.493 e. The molecule has 1 aromatic carbocycles. The average Bonchev–Trinajstić information content (AvgIpc) is 2.53. The third-order valence-corrected chi connectivity index (χ3v) is 2.92. The number of benzene rings is 1. The first-order valence-corrected chi connectivity index (χ1v) is 7.15. The molecule has 0 radical (unpaired) electrons. The average molecular weight is 301 g/mol. The Bertz CT molecular complexity index is 539. The third kappa shape index (κ3) is 5.13. The summed E-state index contributed by atoms with van der Waals surface area (Å²) in [6, 6.07) is 5.54. The second-order valence-electron chi connectivity index (χ2n) is 4.50. The van der Waals surface area contributed by atoms with Crippen LogP contribution in [0.5, 0.6) is 11.5 Å². The molecule has 0 fully saturated rings. The van der Waals surface area contributed by atoms with E-state index in [-0.39, 0.29) is 5.91 Å². The molecule has 0 aliphatic rings. The first-order chi connectivity index (χ1) is 10.7. The van der Waals surface area contributed by atoms with E-state index in [0.717, 1.165) is 5.56 Å². The van der Waals surface area contributed by atoms with Crippen molar-refractivity contribution in [1.29, 1.82) is 0 Å². The van der Waals surface area contributed by atoms with Crippen LogP contribution in [-0.2, 0) is 4.79 Å². The highest BCUT2D eigenvalue weighted by atomic mass is 16.5. The number of carbonyl (C=O) groups excluding carboxylic acids is 1. The van der Waals surface area contributed by atoms with Gasteiger partial charge in [0.1, 0.15) is 0 Å². The molecule has 0 aromatic heterocycles. The van der Waals surface area contributed by atoms with Crippen molar-refractivity contribution in [2.75, 3.05) is 26.8 Å². The zero-order valence-electron chi connectivity index (χ0n) is 13.2. The molecule has 0 unspecified atom stereocenters. The Morgan fingerprint density at radius 1 is 1.23 bits per heavy atom. The number of ether oxygens (including phenoxy) is 2. The number of carbonyl (C=O) groups is 1. The fraction of sp³-hybridized carbons (Fsp3) is 0.278. The summed E-state index contributed by atoms with van der Waals surface area (Å²) < 4.78 is 10.8. The Morgan fingerprint density at radius 2 is 1.91 bits per heavy atom. The van der Waals surface area contributed by atoms with Crippen LogP contribution in [0.1, 0.15) is 12.5 Å². The highest BCUT2D eigenvalue weighted by molar-refractivity contribution is 5.92. The van der Waals surface area contributed by atoms with Crippen LogP contribution in [-0.4, -0.2) is 37.6 Å². The predicted octanol–water partition coefficient (Wildman–Crippen LogP) is 3.31. The van der Waals surface area contributed by atoms with Gasteiger partial charge in [0.05, 0.1) is 13.7 Å². The Balaban J connectivity index is 2.86. The smallest absolute Gasteiger partial charge is 0.247 e. The molecular formula is C18H23NO3. The van der Waals surface area contributed by atoms with Crippen LogP contribution in [0.4, 0.5) is 0 Å². The molecule has 1 rings (SSSR count). The van der Waals surface area contributed by atoms with Gasteiger partial charge >= 0.3 is 0 Å². The van der Waals surface area contributed by atoms with Gasteiger partial charge in [0, 0.05) is 19.2 Å². The van der Waals surface area contributed by atoms with Gasteiger partial charge in [-0.2, -0.15) is 0 Å². The van der Waals surface area contributed by atoms with Crippen molar-refractivity contribution in [3.8, 4) is 11.5 Å². The molecule has 0 aliphatic carbocycles. The van der Waals surface area contributed by atoms with Gasteiger partial charge in [-0.05, 0) is 30.7 Å². The van der Waals surface area contributed by atoms with Gasteiger partial charge in [-0.15, -0.1) is 13.2 Å². The topological polar surface area (TPSA) is 38.8 Å². The van der Waals surface area contributed by atoms with Crippen LogP contribution in [0.15, 0.2) is 49.6 Å². The lowest BCUT2D eigenvalue weighted by Gasteiger charge is -2.16. The minimum Gasteiger partial charge on any atom is -0.493 e. The van der Waals surface area contributed by atoms with Crippen molar-refractivity contribution < 1.29 is 14.3 Å². The lowest BCUT2D eigenvalue weighted by molar-refractivity contribution is -0.124. The summed E-state index contributed by atoms with van der Waals surface area (Å²) in [5.74, 6) is 1.24. The van der Waals surface area contributed by atoms with Gasteiger partial charge in [-0.3, -0.25) is 4.79 Å². The van der Waals surface area contributed by atoms with E-state index in [0.29, 0.717) is 31.2 Å². The van der Waals surface area contributed by atoms with E-state index in [1.165, 1.54) is 6.08 Å². The van der Waals surface area contributed by atoms with E-state index in [2.05, 4.69) is 13.2 Å². The molecule has 0 aliphatic heterocycles. The lowest BCUT2D eigenvalue weighted by Crippen LogP contribution is -2.29. The summed E-state index contributed by atoms with van der Waals surface area (Å²) in [6.07, 6.45) is 6.66. The molecular weight excluding hydrogens is 278 g/mol. The van der Waals surface area contributed by atoms with Gasteiger partial charge in [-0.25, -0.2) is 0 Å². The lowest BCUT2D eigenvalue weighted by atomic mass is 10.2. The molecule has 0 heterocycles. The zero-order valence-corrected chi connectivity index (χ0v) is 13.2. The van der Waals surface area contributed by atoms with Crippen molar-refractivity contribution in [3.63, 3.8) is 0 Å². The number of amides is 1. The quantitative estimate of drug-likeness (QED) is 0.519. The molecule has 1 amide bonds. The normalized spacial score (nSPS) is 10.3. The minimum atomic E-state index is -0.0901. The van der Waals surface area contributed by atoms with Crippen LogP contribution < -0.4 is 9.47 Å². The monoisotopic (exact) mass is 301 g/mol. The third-order valence-electron chi connectivity index (χ3n) is 2.92. The number of hydrogen-bond acceptors (Lipinski definition) is 3. The van der Waals surface area contributed by atoms with Crippen molar-refractivity contribution in [3.05, 3.63) is 55.1 Å². The fourth-order valence-electron chi connectivity index (χ4n) is 1.90. The first-order valence-electron chi connectivity index (χ1n) is 7.15. The summed E-state index contributed by atoms with van der Waals surface area (Å²) in [5.41, 5.74) is 0.866. The summed E-state index contributed by atoms with van der Waals surface area (Å²) in [6.45, 7) is 10.8. The molecule has 118 valence electrons. The molecule has 4 nitrogen and oxygen atoms in total. The Hall–Kier alpha value is -2.49. The van der Waals surface area contributed by atoms with E-state index >= 15 is 0 Å². The van der Waals surface area contributed by atoms with E-state index in [9.17, 15) is 4.79 Å². The summed E-state index contributed by atoms with van der Waals surface area (Å²) >= 11 is 0. The maximum atomic E-state index is 12.1. The maximum absolute atomic E-state index is 12.1. The van der Waals surface area contributed by atoms with Crippen LogP contribution >= 0.6 is 0 Å². The number of nitrogens with zero attached hydrogens (tertiary/aromatic N) is 1. The van der Waals surface area contributed by atoms with Crippen molar-refractivity contribution in [2.24, 2.45) is 0 Å². The summed E-state index contributed by atoms with van der Waals surface area (Å²) in [5, 5.41) is 0. The Kier molecular flexibility index (Phi) is 7.54. The van der Waals surface area contributed by atoms with Crippen LogP contribution in [0.3, 0.4) is 0 Å². The van der Waals surface area contributed by atoms with Crippen LogP contribution in [0.25, 0.3) is 6.08 Å². The zero-order chi connectivity index (χ0) is 16.4. The molecule has 0 atom stereocenters. The SMILES string of the molecule is C=CCN(CC=C)C(=O)/C=C/c1ccc(OCC)c(OC)c1. The molecule has 0 saturated carbocycles. The van der Waals surface area contributed by atoms with Crippen molar-refractivity contribution in [2.45, 2.75) is 6.92 Å². The Morgan fingerprint density at radius 3 is 2.45 bits per heavy atom. The first kappa shape index (κ1) is 17.6. The fourth-order valence-corrected chi connectivity index (χ4v) is 1.90. The van der Waals surface area contributed by atoms with Crippen molar-refractivity contribution in [1.82, 2.24) is 4.90 Å². The van der Waals surface area contributed by atoms with E-state index in [1.807, 2.05) is 25.1 Å². The summed E-state index contributed by atoms with van der Waals surface area (Å²) in [4.78, 5) is 13.7. The van der Waals surface area contributed by atoms with Gasteiger partial charge in [0.15, 0.2) is 11.5 Å². The van der Waals surface area contributed by atoms with Gasteiger partial charge < -0.3 is 14.4 Å². The number of hydrogen-bond donors (Lipinski definition) is 0. The molecule has 0 saturated heterocycles. The van der Waals surface area contributed by atoms with E-state index in [4.69, 9.17) is 9.47 Å². The predicted molar refractivity (Wildman–Crippen MR) is 90.2 cm³/mol. The molecule has 0 N–H and O–H groups in total. The van der Waals surface area contributed by atoms with Crippen LogP contribution in [0, 0.1) is 0 Å². The highest BCUT2D eigenvalue weighted by Crippen LogP contribution is 2.28. The van der Waals surface area contributed by atoms with Gasteiger partial charge in [0.25, 0.3) is 0 Å². The van der Waals surface area contributed by atoms with Gasteiger partial charge in [0.2, 0.25) is 5.91 Å². The molecule has 1 aromatic rings. The van der Waals surface area contributed by atoms with Crippen LogP contribution in [0.2, 0.25) is 0 Å². The van der Waals surface area contributed by atoms with Gasteiger partial charge in [-0.1, -0.05) is 18.2 Å². The maximum Gasteiger partial charge on any atom is 0.247 e. The van der Waals surface area contributed by atoms with Crippen molar-refractivity contribution >= 4 is 12.0 Å². The van der Waals surface area contributed by atoms with E-state index < -0.39 is 0 Å². The molecule has 4 heteroatoms. The summed E-state index contributed by atoms with van der Waals surface area (Å²) in [7, 11) is 1.59. The number of rotatable bonds is 9. The minimum absolute atomic E-state index is 0.0901. The number of methoxy groups -OCH3 is 1. The van der Waals surface area contributed by atoms with E-state index in [1.54, 1.807) is 30.2 Å².